The topological polar surface area (TPSA) is 67.1 Å². The van der Waals surface area contributed by atoms with E-state index >= 15 is 0 Å². The molecule has 0 spiro atoms. The number of anilines is 2. The lowest BCUT2D eigenvalue weighted by molar-refractivity contribution is 0.756. The highest BCUT2D eigenvalue weighted by atomic mass is 32.2. The van der Waals surface area contributed by atoms with Crippen LogP contribution in [0.2, 0.25) is 0 Å². The van der Waals surface area contributed by atoms with Crippen molar-refractivity contribution >= 4 is 23.4 Å². The Morgan fingerprint density at radius 2 is 2.28 bits per heavy atom. The zero-order valence-corrected chi connectivity index (χ0v) is 12.0. The molecule has 1 saturated heterocycles. The van der Waals surface area contributed by atoms with Crippen LogP contribution < -0.4 is 16.2 Å². The number of nitrogen functional groups attached to an aromatic ring is 1. The van der Waals surface area contributed by atoms with Gasteiger partial charge in [0.05, 0.1) is 0 Å². The van der Waals surface area contributed by atoms with Crippen LogP contribution in [-0.4, -0.2) is 34.1 Å². The first-order valence-corrected chi connectivity index (χ1v) is 7.41. The van der Waals surface area contributed by atoms with E-state index in [-0.39, 0.29) is 0 Å². The van der Waals surface area contributed by atoms with Crippen LogP contribution in [0.3, 0.4) is 0 Å². The van der Waals surface area contributed by atoms with Crippen molar-refractivity contribution in [3.05, 3.63) is 11.4 Å². The van der Waals surface area contributed by atoms with Crippen LogP contribution >= 0.6 is 11.8 Å². The monoisotopic (exact) mass is 267 g/mol. The lowest BCUT2D eigenvalue weighted by Gasteiger charge is -2.32. The van der Waals surface area contributed by atoms with E-state index in [0.29, 0.717) is 5.25 Å². The standard InChI is InChI=1S/C12H21N5S/c1-4-10-14-11(16-13)9(3)12(15-10)17-5-6-18-8(2)7-17/h8H,4-7,13H2,1-3H3,(H,14,15,16). The Morgan fingerprint density at radius 1 is 1.50 bits per heavy atom. The lowest BCUT2D eigenvalue weighted by Crippen LogP contribution is -2.38. The molecule has 0 aromatic carbocycles. The summed E-state index contributed by atoms with van der Waals surface area (Å²) in [7, 11) is 0. The summed E-state index contributed by atoms with van der Waals surface area (Å²) in [5.41, 5.74) is 3.71. The first-order chi connectivity index (χ1) is 8.65. The molecule has 1 aromatic rings. The van der Waals surface area contributed by atoms with Gasteiger partial charge in [0, 0.05) is 36.1 Å². The molecular weight excluding hydrogens is 246 g/mol. The third-order valence-corrected chi connectivity index (χ3v) is 4.30. The van der Waals surface area contributed by atoms with Gasteiger partial charge >= 0.3 is 0 Å². The summed E-state index contributed by atoms with van der Waals surface area (Å²) >= 11 is 2.02. The summed E-state index contributed by atoms with van der Waals surface area (Å²) in [6, 6.07) is 0. The Kier molecular flexibility index (Phi) is 4.29. The predicted octanol–water partition coefficient (Wildman–Crippen LogP) is 1.57. The molecule has 0 bridgehead atoms. The van der Waals surface area contributed by atoms with Gasteiger partial charge in [0.1, 0.15) is 17.5 Å². The van der Waals surface area contributed by atoms with Gasteiger partial charge in [-0.1, -0.05) is 13.8 Å². The molecule has 0 amide bonds. The van der Waals surface area contributed by atoms with Gasteiger partial charge in [0.15, 0.2) is 0 Å². The number of hydrazine groups is 1. The second-order valence-electron chi connectivity index (χ2n) is 4.56. The first-order valence-electron chi connectivity index (χ1n) is 6.36. The normalized spacial score (nSPS) is 20.0. The summed E-state index contributed by atoms with van der Waals surface area (Å²) in [6.07, 6.45) is 0.820. The molecule has 18 heavy (non-hydrogen) atoms. The van der Waals surface area contributed by atoms with E-state index in [4.69, 9.17) is 5.84 Å². The third kappa shape index (κ3) is 2.70. The van der Waals surface area contributed by atoms with Gasteiger partial charge in [0.25, 0.3) is 0 Å². The van der Waals surface area contributed by atoms with Crippen molar-refractivity contribution in [3.8, 4) is 0 Å². The Labute approximate surface area is 113 Å². The van der Waals surface area contributed by atoms with E-state index in [1.807, 2.05) is 18.7 Å². The highest BCUT2D eigenvalue weighted by molar-refractivity contribution is 8.00. The third-order valence-electron chi connectivity index (χ3n) is 3.16. The molecule has 3 N–H and O–H groups in total. The van der Waals surface area contributed by atoms with Gasteiger partial charge in [-0.2, -0.15) is 11.8 Å². The molecule has 1 fully saturated rings. The van der Waals surface area contributed by atoms with Crippen LogP contribution in [0, 0.1) is 6.92 Å². The van der Waals surface area contributed by atoms with Crippen LogP contribution in [0.25, 0.3) is 0 Å². The summed E-state index contributed by atoms with van der Waals surface area (Å²) in [5.74, 6) is 9.30. The van der Waals surface area contributed by atoms with Crippen LogP contribution in [0.15, 0.2) is 0 Å². The van der Waals surface area contributed by atoms with Gasteiger partial charge in [-0.15, -0.1) is 0 Å². The van der Waals surface area contributed by atoms with E-state index in [1.165, 1.54) is 0 Å². The molecule has 5 nitrogen and oxygen atoms in total. The number of aryl methyl sites for hydroxylation is 1. The van der Waals surface area contributed by atoms with Gasteiger partial charge in [-0.05, 0) is 6.92 Å². The van der Waals surface area contributed by atoms with Crippen molar-refractivity contribution in [2.75, 3.05) is 29.2 Å². The maximum absolute atomic E-state index is 5.54. The number of nitrogens with one attached hydrogen (secondary N) is 1. The Bertz CT molecular complexity index is 423. The number of hydrogen-bond donors (Lipinski definition) is 2. The fraction of sp³-hybridized carbons (Fsp3) is 0.667. The minimum absolute atomic E-state index is 0.646. The quantitative estimate of drug-likeness (QED) is 0.640. The minimum atomic E-state index is 0.646. The second kappa shape index (κ2) is 5.75. The second-order valence-corrected chi connectivity index (χ2v) is 6.11. The number of rotatable bonds is 3. The summed E-state index contributed by atoms with van der Waals surface area (Å²) in [4.78, 5) is 11.4. The van der Waals surface area contributed by atoms with E-state index in [0.717, 1.165) is 48.3 Å². The lowest BCUT2D eigenvalue weighted by atomic mass is 10.2. The zero-order chi connectivity index (χ0) is 13.1. The van der Waals surface area contributed by atoms with Crippen molar-refractivity contribution in [2.24, 2.45) is 5.84 Å². The van der Waals surface area contributed by atoms with E-state index in [9.17, 15) is 0 Å². The van der Waals surface area contributed by atoms with Crippen LogP contribution in [-0.2, 0) is 6.42 Å². The zero-order valence-electron chi connectivity index (χ0n) is 11.2. The van der Waals surface area contributed by atoms with Crippen LogP contribution in [0.4, 0.5) is 11.6 Å². The molecule has 0 saturated carbocycles. The summed E-state index contributed by atoms with van der Waals surface area (Å²) < 4.78 is 0. The van der Waals surface area contributed by atoms with E-state index < -0.39 is 0 Å². The number of thioether (sulfide) groups is 1. The molecular formula is C12H21N5S. The van der Waals surface area contributed by atoms with Crippen LogP contribution in [0.5, 0.6) is 0 Å². The minimum Gasteiger partial charge on any atom is -0.354 e. The molecule has 0 aliphatic carbocycles. The number of nitrogens with zero attached hydrogens (tertiary/aromatic N) is 3. The molecule has 2 heterocycles. The Hall–Kier alpha value is -1.01. The molecule has 1 aromatic heterocycles. The average molecular weight is 267 g/mol. The summed E-state index contributed by atoms with van der Waals surface area (Å²) in [6.45, 7) is 8.42. The number of hydrogen-bond acceptors (Lipinski definition) is 6. The molecule has 1 unspecified atom stereocenters. The van der Waals surface area contributed by atoms with Gasteiger partial charge in [0.2, 0.25) is 0 Å². The van der Waals surface area contributed by atoms with Crippen molar-refractivity contribution in [3.63, 3.8) is 0 Å². The maximum atomic E-state index is 5.54. The van der Waals surface area contributed by atoms with Crippen molar-refractivity contribution in [1.29, 1.82) is 0 Å². The maximum Gasteiger partial charge on any atom is 0.148 e. The largest absolute Gasteiger partial charge is 0.354 e. The molecule has 1 aliphatic heterocycles. The molecule has 2 rings (SSSR count). The van der Waals surface area contributed by atoms with E-state index in [1.54, 1.807) is 0 Å². The van der Waals surface area contributed by atoms with Crippen molar-refractivity contribution < 1.29 is 0 Å². The van der Waals surface area contributed by atoms with Gasteiger partial charge in [-0.25, -0.2) is 15.8 Å². The molecule has 1 atom stereocenters. The van der Waals surface area contributed by atoms with Gasteiger partial charge in [-0.3, -0.25) is 0 Å². The van der Waals surface area contributed by atoms with Gasteiger partial charge < -0.3 is 10.3 Å². The van der Waals surface area contributed by atoms with E-state index in [2.05, 4.69) is 34.1 Å². The highest BCUT2D eigenvalue weighted by Crippen LogP contribution is 2.27. The number of nitrogens with two attached hydrogens (primary N) is 1. The van der Waals surface area contributed by atoms with Crippen LogP contribution in [0.1, 0.15) is 25.2 Å². The molecule has 0 radical (unpaired) electrons. The highest BCUT2D eigenvalue weighted by Gasteiger charge is 2.21. The molecule has 1 aliphatic rings. The average Bonchev–Trinajstić information content (AvgIpc) is 2.39. The fourth-order valence-electron chi connectivity index (χ4n) is 2.17. The number of aromatic nitrogens is 2. The SMILES string of the molecule is CCc1nc(NN)c(C)c(N2CCSC(C)C2)n1. The fourth-order valence-corrected chi connectivity index (χ4v) is 3.18. The molecule has 6 heteroatoms. The summed E-state index contributed by atoms with van der Waals surface area (Å²) in [5, 5.41) is 0.646. The van der Waals surface area contributed by atoms with Crippen molar-refractivity contribution in [2.45, 2.75) is 32.4 Å². The first kappa shape index (κ1) is 13.4. The Balaban J connectivity index is 2.35. The molecule has 100 valence electrons. The predicted molar refractivity (Wildman–Crippen MR) is 78.1 cm³/mol. The Morgan fingerprint density at radius 3 is 2.89 bits per heavy atom. The smallest absolute Gasteiger partial charge is 0.148 e. The van der Waals surface area contributed by atoms with Crippen molar-refractivity contribution in [1.82, 2.24) is 9.97 Å².